The third kappa shape index (κ3) is 3.12. The fourth-order valence-electron chi connectivity index (χ4n) is 2.02. The Morgan fingerprint density at radius 3 is 2.40 bits per heavy atom. The molecule has 0 aliphatic carbocycles. The molecule has 0 aromatic heterocycles. The van der Waals surface area contributed by atoms with Crippen LogP contribution < -0.4 is 5.32 Å². The van der Waals surface area contributed by atoms with Gasteiger partial charge in [-0.15, -0.1) is 11.8 Å². The van der Waals surface area contributed by atoms with Crippen molar-refractivity contribution in [3.63, 3.8) is 0 Å². The molecule has 1 aliphatic rings. The summed E-state index contributed by atoms with van der Waals surface area (Å²) in [6.07, 6.45) is 0. The lowest BCUT2D eigenvalue weighted by atomic mass is 10.1. The molecule has 1 rings (SSSR count). The second kappa shape index (κ2) is 6.25. The highest BCUT2D eigenvalue weighted by atomic mass is 32.2. The standard InChI is InChI=1S/C12H18N2O5S/c1-7(15)12(3)14(8(2)16)9(6-20-12)11(18)13-5-10(17)19-4/h9H,5-6H2,1-4H3,(H,13,18). The fourth-order valence-corrected chi connectivity index (χ4v) is 3.40. The molecular weight excluding hydrogens is 284 g/mol. The van der Waals surface area contributed by atoms with E-state index in [2.05, 4.69) is 10.1 Å². The molecule has 2 amide bonds. The summed E-state index contributed by atoms with van der Waals surface area (Å²) in [4.78, 5) is 46.8. The number of carbonyl (C=O) groups excluding carboxylic acids is 4. The van der Waals surface area contributed by atoms with E-state index in [4.69, 9.17) is 0 Å². The number of Topliss-reactive ketones (excluding diaryl/α,β-unsaturated/α-hetero) is 1. The van der Waals surface area contributed by atoms with Gasteiger partial charge in [-0.05, 0) is 13.8 Å². The van der Waals surface area contributed by atoms with Crippen molar-refractivity contribution in [2.24, 2.45) is 0 Å². The Morgan fingerprint density at radius 1 is 1.35 bits per heavy atom. The third-order valence-electron chi connectivity index (χ3n) is 3.22. The van der Waals surface area contributed by atoms with Crippen LogP contribution >= 0.6 is 11.8 Å². The normalized spacial score (nSPS) is 25.2. The summed E-state index contributed by atoms with van der Waals surface area (Å²) in [7, 11) is 1.22. The van der Waals surface area contributed by atoms with Crippen molar-refractivity contribution in [1.29, 1.82) is 0 Å². The number of thioether (sulfide) groups is 1. The first kappa shape index (κ1) is 16.5. The molecule has 0 spiro atoms. The number of amides is 2. The van der Waals surface area contributed by atoms with Gasteiger partial charge in [-0.2, -0.15) is 0 Å². The summed E-state index contributed by atoms with van der Waals surface area (Å²) >= 11 is 1.24. The van der Waals surface area contributed by atoms with Crippen molar-refractivity contribution in [3.8, 4) is 0 Å². The minimum Gasteiger partial charge on any atom is -0.468 e. The topological polar surface area (TPSA) is 92.8 Å². The van der Waals surface area contributed by atoms with Crippen molar-refractivity contribution in [1.82, 2.24) is 10.2 Å². The number of rotatable bonds is 4. The van der Waals surface area contributed by atoms with Gasteiger partial charge in [0.1, 0.15) is 17.5 Å². The molecule has 7 nitrogen and oxygen atoms in total. The molecule has 112 valence electrons. The highest BCUT2D eigenvalue weighted by Gasteiger charge is 2.51. The van der Waals surface area contributed by atoms with E-state index >= 15 is 0 Å². The maximum atomic E-state index is 12.1. The van der Waals surface area contributed by atoms with E-state index in [-0.39, 0.29) is 18.2 Å². The summed E-state index contributed by atoms with van der Waals surface area (Å²) in [5.74, 6) is -1.29. The number of esters is 1. The van der Waals surface area contributed by atoms with Gasteiger partial charge in [-0.25, -0.2) is 0 Å². The Kier molecular flexibility index (Phi) is 5.15. The van der Waals surface area contributed by atoms with Gasteiger partial charge in [0, 0.05) is 12.7 Å². The second-order valence-electron chi connectivity index (χ2n) is 4.55. The Morgan fingerprint density at radius 2 is 1.95 bits per heavy atom. The third-order valence-corrected chi connectivity index (χ3v) is 4.75. The monoisotopic (exact) mass is 302 g/mol. The molecule has 20 heavy (non-hydrogen) atoms. The van der Waals surface area contributed by atoms with Crippen LogP contribution in [0.3, 0.4) is 0 Å². The van der Waals surface area contributed by atoms with E-state index in [1.165, 1.54) is 37.6 Å². The van der Waals surface area contributed by atoms with Crippen LogP contribution in [0.4, 0.5) is 0 Å². The molecule has 1 saturated heterocycles. The molecule has 0 aromatic rings. The molecule has 8 heteroatoms. The highest BCUT2D eigenvalue weighted by Crippen LogP contribution is 2.40. The van der Waals surface area contributed by atoms with Gasteiger partial charge in [-0.3, -0.25) is 19.2 Å². The molecule has 0 saturated carbocycles. The minimum absolute atomic E-state index is 0.194. The Labute approximate surface area is 121 Å². The quantitative estimate of drug-likeness (QED) is 0.707. The number of hydrogen-bond acceptors (Lipinski definition) is 6. The zero-order chi connectivity index (χ0) is 15.5. The summed E-state index contributed by atoms with van der Waals surface area (Å²) < 4.78 is 4.42. The van der Waals surface area contributed by atoms with Crippen LogP contribution in [-0.2, 0) is 23.9 Å². The van der Waals surface area contributed by atoms with E-state index < -0.39 is 22.8 Å². The first-order valence-electron chi connectivity index (χ1n) is 6.03. The molecule has 0 aromatic carbocycles. The maximum absolute atomic E-state index is 12.1. The summed E-state index contributed by atoms with van der Waals surface area (Å²) in [6, 6.07) is -0.768. The van der Waals surface area contributed by atoms with E-state index in [1.807, 2.05) is 0 Å². The smallest absolute Gasteiger partial charge is 0.325 e. The van der Waals surface area contributed by atoms with Crippen LogP contribution in [0.15, 0.2) is 0 Å². The van der Waals surface area contributed by atoms with Crippen LogP contribution in [0.5, 0.6) is 0 Å². The lowest BCUT2D eigenvalue weighted by molar-refractivity contribution is -0.146. The van der Waals surface area contributed by atoms with E-state index in [9.17, 15) is 19.2 Å². The van der Waals surface area contributed by atoms with Gasteiger partial charge in [0.2, 0.25) is 11.8 Å². The van der Waals surface area contributed by atoms with Crippen LogP contribution in [-0.4, -0.2) is 58.8 Å². The first-order chi connectivity index (χ1) is 9.24. The van der Waals surface area contributed by atoms with Crippen molar-refractivity contribution in [3.05, 3.63) is 0 Å². The van der Waals surface area contributed by atoms with Crippen molar-refractivity contribution < 1.29 is 23.9 Å². The molecule has 0 radical (unpaired) electrons. The number of ether oxygens (including phenoxy) is 1. The molecule has 1 heterocycles. The van der Waals surface area contributed by atoms with Crippen LogP contribution in [0.25, 0.3) is 0 Å². The highest BCUT2D eigenvalue weighted by molar-refractivity contribution is 8.01. The Bertz CT molecular complexity index is 453. The summed E-state index contributed by atoms with van der Waals surface area (Å²) in [6.45, 7) is 4.05. The first-order valence-corrected chi connectivity index (χ1v) is 7.02. The zero-order valence-corrected chi connectivity index (χ0v) is 12.7. The van der Waals surface area contributed by atoms with Crippen molar-refractivity contribution in [2.45, 2.75) is 31.7 Å². The lowest BCUT2D eigenvalue weighted by Gasteiger charge is -2.34. The van der Waals surface area contributed by atoms with Gasteiger partial charge >= 0.3 is 5.97 Å². The number of hydrogen-bond donors (Lipinski definition) is 1. The Balaban J connectivity index is 2.85. The van der Waals surface area contributed by atoms with Crippen LogP contribution in [0.1, 0.15) is 20.8 Å². The van der Waals surface area contributed by atoms with Gasteiger partial charge in [0.15, 0.2) is 5.78 Å². The van der Waals surface area contributed by atoms with Gasteiger partial charge < -0.3 is 15.0 Å². The average molecular weight is 302 g/mol. The van der Waals surface area contributed by atoms with Crippen LogP contribution in [0, 0.1) is 0 Å². The minimum atomic E-state index is -1.04. The largest absolute Gasteiger partial charge is 0.468 e. The number of nitrogens with one attached hydrogen (secondary N) is 1. The number of nitrogens with zero attached hydrogens (tertiary/aromatic N) is 1. The van der Waals surface area contributed by atoms with Gasteiger partial charge in [0.05, 0.1) is 7.11 Å². The maximum Gasteiger partial charge on any atom is 0.325 e. The fraction of sp³-hybridized carbons (Fsp3) is 0.667. The summed E-state index contributed by atoms with van der Waals surface area (Å²) in [5, 5.41) is 2.40. The van der Waals surface area contributed by atoms with E-state index in [0.717, 1.165) is 0 Å². The van der Waals surface area contributed by atoms with E-state index in [0.29, 0.717) is 5.75 Å². The van der Waals surface area contributed by atoms with Crippen molar-refractivity contribution in [2.75, 3.05) is 19.4 Å². The predicted octanol–water partition coefficient (Wildman–Crippen LogP) is -0.455. The van der Waals surface area contributed by atoms with Crippen LogP contribution in [0.2, 0.25) is 0 Å². The Hall–Kier alpha value is -1.57. The zero-order valence-electron chi connectivity index (χ0n) is 11.9. The molecule has 0 bridgehead atoms. The van der Waals surface area contributed by atoms with E-state index in [1.54, 1.807) is 6.92 Å². The molecular formula is C12H18N2O5S. The molecule has 1 aliphatic heterocycles. The van der Waals surface area contributed by atoms with Gasteiger partial charge in [0.25, 0.3) is 0 Å². The number of methoxy groups -OCH3 is 1. The second-order valence-corrected chi connectivity index (χ2v) is 5.97. The lowest BCUT2D eigenvalue weighted by Crippen LogP contribution is -2.56. The SMILES string of the molecule is COC(=O)CNC(=O)C1CSC(C)(C(C)=O)N1C(C)=O. The average Bonchev–Trinajstić information content (AvgIpc) is 2.74. The predicted molar refractivity (Wildman–Crippen MR) is 72.9 cm³/mol. The molecule has 1 fully saturated rings. The summed E-state index contributed by atoms with van der Waals surface area (Å²) in [5.41, 5.74) is 0. The number of ketones is 1. The van der Waals surface area contributed by atoms with Crippen molar-refractivity contribution >= 4 is 35.3 Å². The molecule has 2 unspecified atom stereocenters. The molecule has 2 atom stereocenters. The molecule has 1 N–H and O–H groups in total. The van der Waals surface area contributed by atoms with Gasteiger partial charge in [-0.1, -0.05) is 0 Å². The number of carbonyl (C=O) groups is 4.